The van der Waals surface area contributed by atoms with Gasteiger partial charge in [-0.15, -0.1) is 0 Å². The summed E-state index contributed by atoms with van der Waals surface area (Å²) in [5, 5.41) is 3.05. The number of rotatable bonds is 5. The molecule has 2 aromatic rings. The fraction of sp³-hybridized carbons (Fsp3) is 0.455. The van der Waals surface area contributed by atoms with E-state index in [9.17, 15) is 9.18 Å². The van der Waals surface area contributed by atoms with Gasteiger partial charge in [-0.3, -0.25) is 4.98 Å². The van der Waals surface area contributed by atoms with Gasteiger partial charge in [0, 0.05) is 23.7 Å². The Balaban J connectivity index is 1.58. The zero-order valence-corrected chi connectivity index (χ0v) is 18.0. The van der Waals surface area contributed by atoms with E-state index in [1.54, 1.807) is 24.3 Å². The molecule has 30 heavy (non-hydrogen) atoms. The van der Waals surface area contributed by atoms with Gasteiger partial charge in [-0.25, -0.2) is 9.18 Å². The number of nitrogens with one attached hydrogen (secondary N) is 1. The van der Waals surface area contributed by atoms with Crippen molar-refractivity contribution in [1.82, 2.24) is 10.3 Å². The van der Waals surface area contributed by atoms with E-state index in [0.29, 0.717) is 37.6 Å². The molecule has 1 fully saturated rings. The lowest BCUT2D eigenvalue weighted by Gasteiger charge is -2.32. The molecule has 162 valence electrons. The predicted octanol–water partition coefficient (Wildman–Crippen LogP) is 4.85. The molecule has 1 aliphatic rings. The van der Waals surface area contributed by atoms with Crippen molar-refractivity contribution in [3.63, 3.8) is 0 Å². The third-order valence-electron chi connectivity index (χ3n) is 4.54. The molecular weight excluding hydrogens is 411 g/mol. The zero-order valence-electron chi connectivity index (χ0n) is 17.3. The van der Waals surface area contributed by atoms with Crippen LogP contribution in [-0.2, 0) is 9.47 Å². The third-order valence-corrected chi connectivity index (χ3v) is 4.75. The Bertz CT molecular complexity index is 870. The number of aromatic nitrogens is 1. The van der Waals surface area contributed by atoms with E-state index < -0.39 is 11.9 Å². The Hall–Kier alpha value is -2.38. The van der Waals surface area contributed by atoms with Crippen LogP contribution < -0.4 is 10.1 Å². The summed E-state index contributed by atoms with van der Waals surface area (Å²) in [7, 11) is 0. The number of hydrogen-bond acceptors (Lipinski definition) is 5. The first-order chi connectivity index (χ1) is 14.2. The summed E-state index contributed by atoms with van der Waals surface area (Å²) in [6.45, 7) is 7.01. The highest BCUT2D eigenvalue weighted by Crippen LogP contribution is 2.26. The first-order valence-electron chi connectivity index (χ1n) is 9.82. The van der Waals surface area contributed by atoms with Crippen LogP contribution >= 0.6 is 11.6 Å². The van der Waals surface area contributed by atoms with E-state index in [4.69, 9.17) is 25.8 Å². The summed E-state index contributed by atoms with van der Waals surface area (Å²) in [5.41, 5.74) is 0.483. The molecule has 0 bridgehead atoms. The standard InChI is InChI=1S/C22H26ClFN2O4/c1-22(2,3)26-21(27)30-19-8-9-28-12-15(19)13-29-17-6-4-14(5-7-17)20-18(24)10-16(23)11-25-20/h4-7,10-11,15,19H,8-9,12-13H2,1-3H3,(H,26,27). The van der Waals surface area contributed by atoms with Crippen molar-refractivity contribution in [1.29, 1.82) is 0 Å². The highest BCUT2D eigenvalue weighted by molar-refractivity contribution is 6.30. The molecule has 1 amide bonds. The predicted molar refractivity (Wildman–Crippen MR) is 112 cm³/mol. The monoisotopic (exact) mass is 436 g/mol. The number of carbonyl (C=O) groups is 1. The molecule has 1 saturated heterocycles. The lowest BCUT2D eigenvalue weighted by Crippen LogP contribution is -2.46. The Labute approximate surface area is 180 Å². The van der Waals surface area contributed by atoms with Crippen LogP contribution in [0.5, 0.6) is 5.75 Å². The van der Waals surface area contributed by atoms with Crippen molar-refractivity contribution in [3.8, 4) is 17.0 Å². The van der Waals surface area contributed by atoms with Gasteiger partial charge in [0.25, 0.3) is 0 Å². The maximum Gasteiger partial charge on any atom is 0.407 e. The maximum atomic E-state index is 14.0. The van der Waals surface area contributed by atoms with Gasteiger partial charge in [-0.1, -0.05) is 11.6 Å². The Morgan fingerprint density at radius 3 is 2.73 bits per heavy atom. The smallest absolute Gasteiger partial charge is 0.407 e. The quantitative estimate of drug-likeness (QED) is 0.725. The van der Waals surface area contributed by atoms with Gasteiger partial charge in [0.2, 0.25) is 0 Å². The lowest BCUT2D eigenvalue weighted by atomic mass is 9.99. The van der Waals surface area contributed by atoms with Crippen molar-refractivity contribution < 1.29 is 23.4 Å². The van der Waals surface area contributed by atoms with Crippen LogP contribution in [0.25, 0.3) is 11.3 Å². The molecule has 8 heteroatoms. The largest absolute Gasteiger partial charge is 0.493 e. The van der Waals surface area contributed by atoms with E-state index in [1.165, 1.54) is 12.3 Å². The molecular formula is C22H26ClFN2O4. The van der Waals surface area contributed by atoms with Gasteiger partial charge >= 0.3 is 6.09 Å². The highest BCUT2D eigenvalue weighted by atomic mass is 35.5. The van der Waals surface area contributed by atoms with Gasteiger partial charge in [-0.05, 0) is 51.1 Å². The van der Waals surface area contributed by atoms with Crippen molar-refractivity contribution in [2.45, 2.75) is 38.8 Å². The molecule has 1 aromatic heterocycles. The van der Waals surface area contributed by atoms with Gasteiger partial charge in [0.05, 0.1) is 30.8 Å². The number of nitrogens with zero attached hydrogens (tertiary/aromatic N) is 1. The second kappa shape index (κ2) is 9.62. The van der Waals surface area contributed by atoms with Crippen LogP contribution in [0.3, 0.4) is 0 Å². The number of pyridine rings is 1. The van der Waals surface area contributed by atoms with E-state index in [0.717, 1.165) is 0 Å². The maximum absolute atomic E-state index is 14.0. The zero-order chi connectivity index (χ0) is 21.7. The Morgan fingerprint density at radius 2 is 2.07 bits per heavy atom. The molecule has 1 aliphatic heterocycles. The van der Waals surface area contributed by atoms with Crippen molar-refractivity contribution in [3.05, 3.63) is 47.4 Å². The summed E-state index contributed by atoms with van der Waals surface area (Å²) in [5.74, 6) is 0.0557. The van der Waals surface area contributed by atoms with Crippen molar-refractivity contribution in [2.24, 2.45) is 5.92 Å². The fourth-order valence-corrected chi connectivity index (χ4v) is 3.24. The number of amides is 1. The summed E-state index contributed by atoms with van der Waals surface area (Å²) in [6.07, 6.45) is 1.30. The average molecular weight is 437 g/mol. The van der Waals surface area contributed by atoms with Gasteiger partial charge in [0.15, 0.2) is 5.82 Å². The summed E-state index contributed by atoms with van der Waals surface area (Å²) < 4.78 is 31.0. The fourth-order valence-electron chi connectivity index (χ4n) is 3.10. The van der Waals surface area contributed by atoms with E-state index in [2.05, 4.69) is 10.3 Å². The average Bonchev–Trinajstić information content (AvgIpc) is 2.66. The Kier molecular flexibility index (Phi) is 7.15. The summed E-state index contributed by atoms with van der Waals surface area (Å²) in [6, 6.07) is 8.19. The number of benzene rings is 1. The second-order valence-electron chi connectivity index (χ2n) is 8.26. The second-order valence-corrected chi connectivity index (χ2v) is 8.70. The van der Waals surface area contributed by atoms with Gasteiger partial charge in [-0.2, -0.15) is 0 Å². The first kappa shape index (κ1) is 22.3. The van der Waals surface area contributed by atoms with E-state index in [-0.39, 0.29) is 28.3 Å². The topological polar surface area (TPSA) is 69.7 Å². The first-order valence-corrected chi connectivity index (χ1v) is 10.2. The molecule has 2 unspecified atom stereocenters. The van der Waals surface area contributed by atoms with Crippen LogP contribution in [0, 0.1) is 11.7 Å². The number of alkyl carbamates (subject to hydrolysis) is 1. The molecule has 0 spiro atoms. The van der Waals surface area contributed by atoms with Crippen LogP contribution in [0.1, 0.15) is 27.2 Å². The van der Waals surface area contributed by atoms with Crippen LogP contribution in [-0.4, -0.2) is 42.5 Å². The minimum Gasteiger partial charge on any atom is -0.493 e. The highest BCUT2D eigenvalue weighted by Gasteiger charge is 2.30. The molecule has 0 aliphatic carbocycles. The van der Waals surface area contributed by atoms with Gasteiger partial charge < -0.3 is 19.5 Å². The van der Waals surface area contributed by atoms with Crippen molar-refractivity contribution in [2.75, 3.05) is 19.8 Å². The molecule has 6 nitrogen and oxygen atoms in total. The number of carbonyl (C=O) groups excluding carboxylic acids is 1. The van der Waals surface area contributed by atoms with Crippen molar-refractivity contribution >= 4 is 17.7 Å². The van der Waals surface area contributed by atoms with E-state index in [1.807, 2.05) is 20.8 Å². The number of hydrogen-bond donors (Lipinski definition) is 1. The minimum atomic E-state index is -0.482. The number of halogens is 2. The SMILES string of the molecule is CC(C)(C)NC(=O)OC1CCOCC1COc1ccc(-c2ncc(Cl)cc2F)cc1. The molecule has 1 N–H and O–H groups in total. The minimum absolute atomic E-state index is 0.0838. The normalized spacial score (nSPS) is 19.2. The molecule has 1 aromatic carbocycles. The summed E-state index contributed by atoms with van der Waals surface area (Å²) in [4.78, 5) is 16.1. The summed E-state index contributed by atoms with van der Waals surface area (Å²) >= 11 is 5.75. The molecule has 2 heterocycles. The van der Waals surface area contributed by atoms with Gasteiger partial charge in [0.1, 0.15) is 17.5 Å². The molecule has 0 saturated carbocycles. The number of ether oxygens (including phenoxy) is 3. The van der Waals surface area contributed by atoms with Crippen LogP contribution in [0.4, 0.5) is 9.18 Å². The molecule has 3 rings (SSSR count). The van der Waals surface area contributed by atoms with E-state index >= 15 is 0 Å². The Morgan fingerprint density at radius 1 is 1.33 bits per heavy atom. The van der Waals surface area contributed by atoms with Crippen LogP contribution in [0.2, 0.25) is 5.02 Å². The molecule has 0 radical (unpaired) electrons. The van der Waals surface area contributed by atoms with Crippen LogP contribution in [0.15, 0.2) is 36.5 Å². The third kappa shape index (κ3) is 6.31. The molecule has 2 atom stereocenters. The lowest BCUT2D eigenvalue weighted by molar-refractivity contribution is -0.0569.